The lowest BCUT2D eigenvalue weighted by molar-refractivity contribution is -0.144. The minimum atomic E-state index is -0.189. The molecule has 0 amide bonds. The summed E-state index contributed by atoms with van der Waals surface area (Å²) in [6, 6.07) is 0. The van der Waals surface area contributed by atoms with E-state index in [9.17, 15) is 4.79 Å². The molecule has 3 heteroatoms. The van der Waals surface area contributed by atoms with Crippen molar-refractivity contribution in [2.75, 3.05) is 13.2 Å². The van der Waals surface area contributed by atoms with Gasteiger partial charge in [-0.2, -0.15) is 0 Å². The number of aliphatic hydroxyl groups excluding tert-OH is 1. The van der Waals surface area contributed by atoms with Gasteiger partial charge in [-0.25, -0.2) is 0 Å². The lowest BCUT2D eigenvalue weighted by Gasteiger charge is -2.03. The largest absolute Gasteiger partial charge is 0.466 e. The van der Waals surface area contributed by atoms with E-state index in [2.05, 4.69) is 6.92 Å². The van der Waals surface area contributed by atoms with Crippen LogP contribution < -0.4 is 0 Å². The quantitative estimate of drug-likeness (QED) is 0.467. The first-order chi connectivity index (χ1) is 6.31. The molecule has 0 aliphatic rings. The van der Waals surface area contributed by atoms with Crippen LogP contribution in [-0.2, 0) is 9.53 Å². The first-order valence-electron chi connectivity index (χ1n) is 5.07. The van der Waals surface area contributed by atoms with Gasteiger partial charge in [0.25, 0.3) is 0 Å². The van der Waals surface area contributed by atoms with Crippen LogP contribution in [0.1, 0.15) is 45.4 Å². The van der Waals surface area contributed by atoms with Crippen molar-refractivity contribution in [2.24, 2.45) is 0 Å². The Labute approximate surface area is 80.1 Å². The van der Waals surface area contributed by atoms with Crippen molar-refractivity contribution in [3.05, 3.63) is 0 Å². The van der Waals surface area contributed by atoms with Gasteiger partial charge < -0.3 is 9.84 Å². The molecule has 0 aromatic rings. The number of carbonyl (C=O) groups excluding carboxylic acids is 1. The molecule has 13 heavy (non-hydrogen) atoms. The Bertz CT molecular complexity index is 123. The third-order valence-corrected chi connectivity index (χ3v) is 1.80. The molecular formula is C10H20O3. The predicted molar refractivity (Wildman–Crippen MR) is 51.4 cm³/mol. The summed E-state index contributed by atoms with van der Waals surface area (Å²) in [6.45, 7) is 2.74. The highest BCUT2D eigenvalue weighted by atomic mass is 16.5. The van der Waals surface area contributed by atoms with Crippen molar-refractivity contribution in [1.82, 2.24) is 0 Å². The highest BCUT2D eigenvalue weighted by molar-refractivity contribution is 5.69. The van der Waals surface area contributed by atoms with Crippen LogP contribution in [0.5, 0.6) is 0 Å². The van der Waals surface area contributed by atoms with Gasteiger partial charge >= 0.3 is 5.97 Å². The number of rotatable bonds is 8. The summed E-state index contributed by atoms with van der Waals surface area (Å²) in [4.78, 5) is 10.9. The highest BCUT2D eigenvalue weighted by Crippen LogP contribution is 2.00. The Balaban J connectivity index is 3.08. The van der Waals surface area contributed by atoms with Crippen molar-refractivity contribution in [3.63, 3.8) is 0 Å². The molecule has 0 aliphatic heterocycles. The standard InChI is InChI=1S/C10H20O3/c1-2-3-4-5-9-13-10(12)7-6-8-11/h11H,2-9H2,1H3. The molecule has 0 saturated carbocycles. The van der Waals surface area contributed by atoms with E-state index in [4.69, 9.17) is 9.84 Å². The van der Waals surface area contributed by atoms with Crippen LogP contribution in [0.2, 0.25) is 0 Å². The monoisotopic (exact) mass is 188 g/mol. The van der Waals surface area contributed by atoms with E-state index in [0.29, 0.717) is 19.4 Å². The normalized spacial score (nSPS) is 10.0. The molecule has 0 aliphatic carbocycles. The van der Waals surface area contributed by atoms with Crippen LogP contribution in [0.4, 0.5) is 0 Å². The average molecular weight is 188 g/mol. The second-order valence-electron chi connectivity index (χ2n) is 3.11. The topological polar surface area (TPSA) is 46.5 Å². The van der Waals surface area contributed by atoms with E-state index in [1.165, 1.54) is 12.8 Å². The molecule has 0 aromatic heterocycles. The molecule has 0 rings (SSSR count). The molecule has 0 saturated heterocycles. The zero-order valence-corrected chi connectivity index (χ0v) is 8.42. The highest BCUT2D eigenvalue weighted by Gasteiger charge is 2.00. The minimum Gasteiger partial charge on any atom is -0.466 e. The van der Waals surface area contributed by atoms with Gasteiger partial charge in [-0.15, -0.1) is 0 Å². The molecule has 3 nitrogen and oxygen atoms in total. The number of esters is 1. The zero-order chi connectivity index (χ0) is 9.94. The Kier molecular flexibility index (Phi) is 9.10. The summed E-state index contributed by atoms with van der Waals surface area (Å²) in [6.07, 6.45) is 5.33. The second kappa shape index (κ2) is 9.52. The van der Waals surface area contributed by atoms with Gasteiger partial charge in [0.15, 0.2) is 0 Å². The average Bonchev–Trinajstić information content (AvgIpc) is 2.14. The first kappa shape index (κ1) is 12.4. The van der Waals surface area contributed by atoms with Crippen LogP contribution >= 0.6 is 0 Å². The fourth-order valence-electron chi connectivity index (χ4n) is 1.01. The van der Waals surface area contributed by atoms with Crippen molar-refractivity contribution in [2.45, 2.75) is 45.4 Å². The van der Waals surface area contributed by atoms with Crippen LogP contribution in [0.15, 0.2) is 0 Å². The summed E-state index contributed by atoms with van der Waals surface area (Å²) in [5.74, 6) is -0.189. The summed E-state index contributed by atoms with van der Waals surface area (Å²) >= 11 is 0. The van der Waals surface area contributed by atoms with E-state index in [0.717, 1.165) is 12.8 Å². The third kappa shape index (κ3) is 9.34. The zero-order valence-electron chi connectivity index (χ0n) is 8.42. The minimum absolute atomic E-state index is 0.0605. The van der Waals surface area contributed by atoms with Crippen molar-refractivity contribution < 1.29 is 14.6 Å². The summed E-state index contributed by atoms with van der Waals surface area (Å²) < 4.78 is 4.94. The van der Waals surface area contributed by atoms with Gasteiger partial charge in [-0.3, -0.25) is 4.79 Å². The molecule has 78 valence electrons. The molecule has 1 N–H and O–H groups in total. The molecule has 0 spiro atoms. The Morgan fingerprint density at radius 1 is 1.23 bits per heavy atom. The maximum Gasteiger partial charge on any atom is 0.305 e. The SMILES string of the molecule is CCCCCCOC(=O)CCCO. The number of carbonyl (C=O) groups is 1. The molecule has 0 radical (unpaired) electrons. The molecule has 0 fully saturated rings. The van der Waals surface area contributed by atoms with Crippen LogP contribution in [0, 0.1) is 0 Å². The number of hydrogen-bond acceptors (Lipinski definition) is 3. The molecular weight excluding hydrogens is 168 g/mol. The summed E-state index contributed by atoms with van der Waals surface area (Å²) in [7, 11) is 0. The van der Waals surface area contributed by atoms with Crippen LogP contribution in [-0.4, -0.2) is 24.3 Å². The lowest BCUT2D eigenvalue weighted by atomic mass is 10.2. The maximum absolute atomic E-state index is 10.9. The lowest BCUT2D eigenvalue weighted by Crippen LogP contribution is -2.06. The number of hydrogen-bond donors (Lipinski definition) is 1. The maximum atomic E-state index is 10.9. The fourth-order valence-corrected chi connectivity index (χ4v) is 1.01. The number of unbranched alkanes of at least 4 members (excludes halogenated alkanes) is 3. The Hall–Kier alpha value is -0.570. The second-order valence-corrected chi connectivity index (χ2v) is 3.11. The van der Waals surface area contributed by atoms with E-state index in [1.54, 1.807) is 0 Å². The van der Waals surface area contributed by atoms with Crippen molar-refractivity contribution in [3.8, 4) is 0 Å². The van der Waals surface area contributed by atoms with E-state index < -0.39 is 0 Å². The molecule has 0 heterocycles. The summed E-state index contributed by atoms with van der Waals surface area (Å²) in [5, 5.41) is 8.45. The third-order valence-electron chi connectivity index (χ3n) is 1.80. The Morgan fingerprint density at radius 2 is 2.00 bits per heavy atom. The molecule has 0 aromatic carbocycles. The smallest absolute Gasteiger partial charge is 0.305 e. The predicted octanol–water partition coefficient (Wildman–Crippen LogP) is 1.88. The first-order valence-corrected chi connectivity index (χ1v) is 5.07. The molecule has 0 bridgehead atoms. The fraction of sp³-hybridized carbons (Fsp3) is 0.900. The van der Waals surface area contributed by atoms with E-state index in [-0.39, 0.29) is 12.6 Å². The van der Waals surface area contributed by atoms with Crippen LogP contribution in [0.3, 0.4) is 0 Å². The number of aliphatic hydroxyl groups is 1. The number of ether oxygens (including phenoxy) is 1. The molecule has 0 atom stereocenters. The van der Waals surface area contributed by atoms with Gasteiger partial charge in [0, 0.05) is 13.0 Å². The van der Waals surface area contributed by atoms with Gasteiger partial charge in [0.05, 0.1) is 6.61 Å². The van der Waals surface area contributed by atoms with Gasteiger partial charge in [0.2, 0.25) is 0 Å². The summed E-state index contributed by atoms with van der Waals surface area (Å²) in [5.41, 5.74) is 0. The van der Waals surface area contributed by atoms with Crippen molar-refractivity contribution in [1.29, 1.82) is 0 Å². The van der Waals surface area contributed by atoms with Gasteiger partial charge in [-0.1, -0.05) is 26.2 Å². The van der Waals surface area contributed by atoms with Gasteiger partial charge in [-0.05, 0) is 12.8 Å². The molecule has 0 unspecified atom stereocenters. The van der Waals surface area contributed by atoms with Gasteiger partial charge in [0.1, 0.15) is 0 Å². The Morgan fingerprint density at radius 3 is 2.62 bits per heavy atom. The van der Waals surface area contributed by atoms with E-state index >= 15 is 0 Å². The van der Waals surface area contributed by atoms with Crippen LogP contribution in [0.25, 0.3) is 0 Å². The van der Waals surface area contributed by atoms with E-state index in [1.807, 2.05) is 0 Å². The van der Waals surface area contributed by atoms with Crippen molar-refractivity contribution >= 4 is 5.97 Å².